The van der Waals surface area contributed by atoms with Crippen LogP contribution in [0.1, 0.15) is 37.3 Å². The summed E-state index contributed by atoms with van der Waals surface area (Å²) in [5.74, 6) is 1.76. The summed E-state index contributed by atoms with van der Waals surface area (Å²) in [5.41, 5.74) is 2.75. The Balaban J connectivity index is 2.00. The Morgan fingerprint density at radius 3 is 2.62 bits per heavy atom. The number of hydrogen-bond donors (Lipinski definition) is 0. The standard InChI is InChI=1S/C16H19F3N2/c1-9(2)12-6-13(12)11-4-10(3)14-7-20-21(15(14)5-11)8-16(17,18)19/h4-5,7,9,12-13H,6,8H2,1-3H3/t12-,13-/m1/s1. The second-order valence-electron chi connectivity index (χ2n) is 6.44. The van der Waals surface area contributed by atoms with Gasteiger partial charge in [-0.05, 0) is 48.3 Å². The van der Waals surface area contributed by atoms with Gasteiger partial charge in [0, 0.05) is 5.39 Å². The van der Waals surface area contributed by atoms with Gasteiger partial charge in [0.2, 0.25) is 0 Å². The average molecular weight is 296 g/mol. The van der Waals surface area contributed by atoms with Crippen LogP contribution in [-0.4, -0.2) is 16.0 Å². The summed E-state index contributed by atoms with van der Waals surface area (Å²) in [6.45, 7) is 5.31. The van der Waals surface area contributed by atoms with Gasteiger partial charge in [-0.15, -0.1) is 0 Å². The minimum atomic E-state index is -4.25. The van der Waals surface area contributed by atoms with Crippen LogP contribution in [0, 0.1) is 18.8 Å². The van der Waals surface area contributed by atoms with Crippen molar-refractivity contribution < 1.29 is 13.2 Å². The van der Waals surface area contributed by atoms with Crippen molar-refractivity contribution in [3.8, 4) is 0 Å². The molecule has 0 unspecified atom stereocenters. The average Bonchev–Trinajstić information content (AvgIpc) is 3.06. The second kappa shape index (κ2) is 4.75. The summed E-state index contributed by atoms with van der Waals surface area (Å²) in [7, 11) is 0. The van der Waals surface area contributed by atoms with Crippen LogP contribution in [-0.2, 0) is 6.54 Å². The fraction of sp³-hybridized carbons (Fsp3) is 0.562. The lowest BCUT2D eigenvalue weighted by Crippen LogP contribution is -2.18. The first kappa shape index (κ1) is 14.4. The highest BCUT2D eigenvalue weighted by atomic mass is 19.4. The Hall–Kier alpha value is -1.52. The zero-order valence-corrected chi connectivity index (χ0v) is 12.4. The second-order valence-corrected chi connectivity index (χ2v) is 6.44. The van der Waals surface area contributed by atoms with Crippen molar-refractivity contribution >= 4 is 10.9 Å². The zero-order valence-electron chi connectivity index (χ0n) is 12.4. The summed E-state index contributed by atoms with van der Waals surface area (Å²) < 4.78 is 38.9. The number of benzene rings is 1. The van der Waals surface area contributed by atoms with E-state index >= 15 is 0 Å². The van der Waals surface area contributed by atoms with Crippen molar-refractivity contribution in [2.24, 2.45) is 11.8 Å². The number of rotatable bonds is 3. The minimum absolute atomic E-state index is 0.488. The van der Waals surface area contributed by atoms with E-state index in [0.717, 1.165) is 27.6 Å². The van der Waals surface area contributed by atoms with Crippen molar-refractivity contribution in [1.29, 1.82) is 0 Å². The van der Waals surface area contributed by atoms with Crippen LogP contribution in [0.4, 0.5) is 13.2 Å². The third-order valence-corrected chi connectivity index (χ3v) is 4.44. The van der Waals surface area contributed by atoms with Crippen molar-refractivity contribution in [3.63, 3.8) is 0 Å². The molecular formula is C16H19F3N2. The van der Waals surface area contributed by atoms with Gasteiger partial charge in [0.1, 0.15) is 6.54 Å². The van der Waals surface area contributed by atoms with Gasteiger partial charge >= 0.3 is 6.18 Å². The molecule has 0 amide bonds. The molecule has 0 bridgehead atoms. The van der Waals surface area contributed by atoms with Gasteiger partial charge in [0.25, 0.3) is 0 Å². The number of nitrogens with zero attached hydrogens (tertiary/aromatic N) is 2. The van der Waals surface area contributed by atoms with Crippen LogP contribution in [0.25, 0.3) is 10.9 Å². The van der Waals surface area contributed by atoms with Gasteiger partial charge in [-0.25, -0.2) is 0 Å². The highest BCUT2D eigenvalue weighted by molar-refractivity contribution is 5.83. The van der Waals surface area contributed by atoms with Gasteiger partial charge in [0.15, 0.2) is 0 Å². The lowest BCUT2D eigenvalue weighted by molar-refractivity contribution is -0.141. The van der Waals surface area contributed by atoms with Gasteiger partial charge < -0.3 is 0 Å². The number of hydrogen-bond acceptors (Lipinski definition) is 1. The van der Waals surface area contributed by atoms with Gasteiger partial charge in [0.05, 0.1) is 11.7 Å². The molecule has 3 rings (SSSR count). The van der Waals surface area contributed by atoms with Crippen LogP contribution in [0.15, 0.2) is 18.3 Å². The van der Waals surface area contributed by atoms with Crippen LogP contribution >= 0.6 is 0 Å². The van der Waals surface area contributed by atoms with E-state index in [9.17, 15) is 13.2 Å². The lowest BCUT2D eigenvalue weighted by Gasteiger charge is -2.10. The number of aryl methyl sites for hydroxylation is 1. The monoisotopic (exact) mass is 296 g/mol. The van der Waals surface area contributed by atoms with E-state index < -0.39 is 12.7 Å². The number of fused-ring (bicyclic) bond motifs is 1. The number of alkyl halides is 3. The summed E-state index contributed by atoms with van der Waals surface area (Å²) in [6.07, 6.45) is -1.58. The Morgan fingerprint density at radius 2 is 2.05 bits per heavy atom. The molecule has 2 atom stereocenters. The first-order chi connectivity index (χ1) is 9.76. The Labute approximate surface area is 121 Å². The maximum Gasteiger partial charge on any atom is 0.408 e. The Kier molecular flexibility index (Phi) is 3.26. The van der Waals surface area contributed by atoms with Crippen molar-refractivity contribution in [2.75, 3.05) is 0 Å². The van der Waals surface area contributed by atoms with E-state index in [2.05, 4.69) is 25.0 Å². The molecule has 114 valence electrons. The first-order valence-corrected chi connectivity index (χ1v) is 7.29. The van der Waals surface area contributed by atoms with E-state index in [-0.39, 0.29) is 0 Å². The van der Waals surface area contributed by atoms with Crippen LogP contribution in [0.5, 0.6) is 0 Å². The maximum absolute atomic E-state index is 12.6. The summed E-state index contributed by atoms with van der Waals surface area (Å²) in [6, 6.07) is 4.00. The van der Waals surface area contributed by atoms with E-state index in [1.165, 1.54) is 6.20 Å². The normalized spacial score (nSPS) is 22.2. The van der Waals surface area contributed by atoms with Gasteiger partial charge in [-0.1, -0.05) is 19.9 Å². The van der Waals surface area contributed by atoms with E-state index in [1.807, 2.05) is 13.0 Å². The van der Waals surface area contributed by atoms with E-state index in [4.69, 9.17) is 0 Å². The van der Waals surface area contributed by atoms with Crippen LogP contribution in [0.3, 0.4) is 0 Å². The largest absolute Gasteiger partial charge is 0.408 e. The summed E-state index contributed by atoms with van der Waals surface area (Å²) in [5, 5.41) is 4.72. The molecule has 1 aliphatic carbocycles. The molecule has 0 spiro atoms. The van der Waals surface area contributed by atoms with Crippen LogP contribution in [0.2, 0.25) is 0 Å². The molecule has 1 fully saturated rings. The highest BCUT2D eigenvalue weighted by Crippen LogP contribution is 2.52. The molecule has 1 saturated carbocycles. The molecule has 0 N–H and O–H groups in total. The molecule has 1 aromatic carbocycles. The Morgan fingerprint density at radius 1 is 1.33 bits per heavy atom. The molecule has 5 heteroatoms. The quantitative estimate of drug-likeness (QED) is 0.805. The predicted molar refractivity (Wildman–Crippen MR) is 76.2 cm³/mol. The lowest BCUT2D eigenvalue weighted by atomic mass is 9.99. The molecule has 2 nitrogen and oxygen atoms in total. The first-order valence-electron chi connectivity index (χ1n) is 7.29. The number of aromatic nitrogens is 2. The number of halogens is 3. The molecule has 2 aromatic rings. The van der Waals surface area contributed by atoms with Crippen molar-refractivity contribution in [3.05, 3.63) is 29.5 Å². The molecular weight excluding hydrogens is 277 g/mol. The molecule has 0 radical (unpaired) electrons. The van der Waals surface area contributed by atoms with Gasteiger partial charge in [-0.2, -0.15) is 18.3 Å². The van der Waals surface area contributed by atoms with E-state index in [0.29, 0.717) is 23.3 Å². The Bertz CT molecular complexity index is 670. The van der Waals surface area contributed by atoms with Crippen molar-refractivity contribution in [2.45, 2.75) is 45.8 Å². The third-order valence-electron chi connectivity index (χ3n) is 4.44. The summed E-state index contributed by atoms with van der Waals surface area (Å²) in [4.78, 5) is 0. The summed E-state index contributed by atoms with van der Waals surface area (Å²) >= 11 is 0. The predicted octanol–water partition coefficient (Wildman–Crippen LogP) is 4.67. The molecule has 1 heterocycles. The molecule has 1 aromatic heterocycles. The fourth-order valence-corrected chi connectivity index (χ4v) is 3.22. The zero-order chi connectivity index (χ0) is 15.4. The smallest absolute Gasteiger partial charge is 0.256 e. The van der Waals surface area contributed by atoms with Crippen LogP contribution < -0.4 is 0 Å². The third kappa shape index (κ3) is 2.78. The molecule has 0 aliphatic heterocycles. The van der Waals surface area contributed by atoms with Gasteiger partial charge in [-0.3, -0.25) is 4.68 Å². The minimum Gasteiger partial charge on any atom is -0.256 e. The topological polar surface area (TPSA) is 17.8 Å². The molecule has 0 saturated heterocycles. The molecule has 21 heavy (non-hydrogen) atoms. The SMILES string of the molecule is Cc1cc([C@H]2C[C@@H]2C(C)C)cc2c1cnn2CC(F)(F)F. The maximum atomic E-state index is 12.6. The van der Waals surface area contributed by atoms with Crippen molar-refractivity contribution in [1.82, 2.24) is 9.78 Å². The van der Waals surface area contributed by atoms with E-state index in [1.54, 1.807) is 0 Å². The highest BCUT2D eigenvalue weighted by Gasteiger charge is 2.40. The molecule has 1 aliphatic rings. The fourth-order valence-electron chi connectivity index (χ4n) is 3.22.